The van der Waals surface area contributed by atoms with E-state index in [1.165, 1.54) is 0 Å². The lowest BCUT2D eigenvalue weighted by atomic mass is 9.97. The first-order valence-corrected chi connectivity index (χ1v) is 8.33. The Morgan fingerprint density at radius 3 is 2.67 bits per heavy atom. The summed E-state index contributed by atoms with van der Waals surface area (Å²) in [6.45, 7) is 4.41. The molecule has 24 heavy (non-hydrogen) atoms. The number of hydrogen-bond acceptors (Lipinski definition) is 6. The van der Waals surface area contributed by atoms with Gasteiger partial charge in [-0.25, -0.2) is 9.67 Å². The highest BCUT2D eigenvalue weighted by Gasteiger charge is 2.22. The third-order valence-electron chi connectivity index (χ3n) is 4.41. The third-order valence-corrected chi connectivity index (χ3v) is 4.41. The Bertz CT molecular complexity index is 749. The van der Waals surface area contributed by atoms with Crippen molar-refractivity contribution in [3.63, 3.8) is 0 Å². The van der Waals surface area contributed by atoms with Crippen LogP contribution in [0.1, 0.15) is 18.5 Å². The van der Waals surface area contributed by atoms with Gasteiger partial charge in [-0.2, -0.15) is 10.1 Å². The van der Waals surface area contributed by atoms with E-state index in [9.17, 15) is 4.79 Å². The van der Waals surface area contributed by atoms with Crippen LogP contribution < -0.4 is 15.4 Å². The summed E-state index contributed by atoms with van der Waals surface area (Å²) >= 11 is 0. The predicted octanol–water partition coefficient (Wildman–Crippen LogP) is 1.32. The average Bonchev–Trinajstić information content (AvgIpc) is 2.59. The Morgan fingerprint density at radius 1 is 1.21 bits per heavy atom. The van der Waals surface area contributed by atoms with Crippen LogP contribution in [0.15, 0.2) is 29.2 Å². The Balaban J connectivity index is 1.62. The van der Waals surface area contributed by atoms with Crippen LogP contribution in [0.2, 0.25) is 0 Å². The summed E-state index contributed by atoms with van der Waals surface area (Å²) in [7, 11) is 3.95. The van der Waals surface area contributed by atoms with Crippen molar-refractivity contribution in [3.05, 3.63) is 40.4 Å². The molecule has 0 saturated carbocycles. The lowest BCUT2D eigenvalue weighted by molar-refractivity contribution is 0.332. The molecule has 3 heterocycles. The van der Waals surface area contributed by atoms with Crippen molar-refractivity contribution in [2.24, 2.45) is 5.92 Å². The molecule has 1 fully saturated rings. The SMILES string of the molecule is Cc1ccc(=O)n(CC2CCN(c3nccc(N(C)C)n3)CC2)n1. The molecule has 0 N–H and O–H groups in total. The van der Waals surface area contributed by atoms with Gasteiger partial charge in [0.1, 0.15) is 5.82 Å². The predicted molar refractivity (Wildman–Crippen MR) is 94.5 cm³/mol. The topological polar surface area (TPSA) is 67.2 Å². The minimum atomic E-state index is -0.0231. The standard InChI is InChI=1S/C17H24N6O/c1-13-4-5-16(24)23(20-13)12-14-7-10-22(11-8-14)17-18-9-6-15(19-17)21(2)3/h4-6,9,14H,7-8,10-12H2,1-3H3. The molecule has 0 atom stereocenters. The van der Waals surface area contributed by atoms with E-state index in [1.54, 1.807) is 23.0 Å². The van der Waals surface area contributed by atoms with Gasteiger partial charge >= 0.3 is 0 Å². The van der Waals surface area contributed by atoms with E-state index in [4.69, 9.17) is 0 Å². The summed E-state index contributed by atoms with van der Waals surface area (Å²) in [4.78, 5) is 25.1. The highest BCUT2D eigenvalue weighted by atomic mass is 16.1. The molecule has 0 radical (unpaired) electrons. The van der Waals surface area contributed by atoms with Gasteiger partial charge in [0.15, 0.2) is 0 Å². The summed E-state index contributed by atoms with van der Waals surface area (Å²) in [6, 6.07) is 5.26. The molecule has 0 aromatic carbocycles. The number of nitrogens with zero attached hydrogens (tertiary/aromatic N) is 6. The molecule has 1 saturated heterocycles. The molecule has 7 nitrogen and oxygen atoms in total. The van der Waals surface area contributed by atoms with Crippen molar-refractivity contribution in [1.82, 2.24) is 19.7 Å². The molecule has 0 amide bonds. The summed E-state index contributed by atoms with van der Waals surface area (Å²) < 4.78 is 1.60. The number of aromatic nitrogens is 4. The van der Waals surface area contributed by atoms with Crippen LogP contribution >= 0.6 is 0 Å². The van der Waals surface area contributed by atoms with Crippen LogP contribution in [-0.4, -0.2) is 46.9 Å². The third kappa shape index (κ3) is 3.72. The Labute approximate surface area is 142 Å². The van der Waals surface area contributed by atoms with E-state index in [2.05, 4.69) is 20.0 Å². The first-order chi connectivity index (χ1) is 11.5. The van der Waals surface area contributed by atoms with Crippen molar-refractivity contribution in [2.45, 2.75) is 26.3 Å². The fraction of sp³-hybridized carbons (Fsp3) is 0.529. The van der Waals surface area contributed by atoms with Crippen molar-refractivity contribution < 1.29 is 0 Å². The smallest absolute Gasteiger partial charge is 0.266 e. The van der Waals surface area contributed by atoms with Crippen LogP contribution in [0.3, 0.4) is 0 Å². The highest BCUT2D eigenvalue weighted by Crippen LogP contribution is 2.22. The number of aryl methyl sites for hydroxylation is 1. The zero-order valence-electron chi connectivity index (χ0n) is 14.5. The molecule has 2 aromatic rings. The summed E-state index contributed by atoms with van der Waals surface area (Å²) in [5, 5.41) is 4.34. The molecule has 7 heteroatoms. The molecule has 0 aliphatic carbocycles. The van der Waals surface area contributed by atoms with E-state index in [0.29, 0.717) is 12.5 Å². The van der Waals surface area contributed by atoms with E-state index in [0.717, 1.165) is 43.4 Å². The second-order valence-corrected chi connectivity index (χ2v) is 6.53. The number of piperidine rings is 1. The van der Waals surface area contributed by atoms with Gasteiger partial charge < -0.3 is 9.80 Å². The van der Waals surface area contributed by atoms with Gasteiger partial charge in [-0.15, -0.1) is 0 Å². The van der Waals surface area contributed by atoms with Crippen LogP contribution in [0, 0.1) is 12.8 Å². The molecule has 0 unspecified atom stereocenters. The molecule has 2 aromatic heterocycles. The summed E-state index contributed by atoms with van der Waals surface area (Å²) in [6.07, 6.45) is 3.83. The fourth-order valence-electron chi connectivity index (χ4n) is 2.98. The van der Waals surface area contributed by atoms with Crippen LogP contribution in [0.25, 0.3) is 0 Å². The quantitative estimate of drug-likeness (QED) is 0.843. The zero-order valence-corrected chi connectivity index (χ0v) is 14.5. The van der Waals surface area contributed by atoms with Gasteiger partial charge in [-0.05, 0) is 37.8 Å². The van der Waals surface area contributed by atoms with Crippen molar-refractivity contribution in [1.29, 1.82) is 0 Å². The van der Waals surface area contributed by atoms with E-state index >= 15 is 0 Å². The monoisotopic (exact) mass is 328 g/mol. The van der Waals surface area contributed by atoms with Gasteiger partial charge in [-0.3, -0.25) is 4.79 Å². The molecule has 0 bridgehead atoms. The normalized spacial score (nSPS) is 15.5. The minimum absolute atomic E-state index is 0.0231. The second-order valence-electron chi connectivity index (χ2n) is 6.53. The average molecular weight is 328 g/mol. The maximum absolute atomic E-state index is 11.9. The molecule has 128 valence electrons. The molecule has 1 aliphatic heterocycles. The molecule has 3 rings (SSSR count). The van der Waals surface area contributed by atoms with Gasteiger partial charge in [0, 0.05) is 46.0 Å². The first kappa shape index (κ1) is 16.4. The van der Waals surface area contributed by atoms with Crippen molar-refractivity contribution >= 4 is 11.8 Å². The Kier molecular flexibility index (Phi) is 4.78. The van der Waals surface area contributed by atoms with Crippen molar-refractivity contribution in [2.75, 3.05) is 37.0 Å². The van der Waals surface area contributed by atoms with Crippen LogP contribution in [0.5, 0.6) is 0 Å². The molecule has 0 spiro atoms. The number of rotatable bonds is 4. The van der Waals surface area contributed by atoms with Crippen LogP contribution in [0.4, 0.5) is 11.8 Å². The van der Waals surface area contributed by atoms with Gasteiger partial charge in [-0.1, -0.05) is 0 Å². The maximum Gasteiger partial charge on any atom is 0.266 e. The highest BCUT2D eigenvalue weighted by molar-refractivity contribution is 5.42. The lowest BCUT2D eigenvalue weighted by Crippen LogP contribution is -2.37. The summed E-state index contributed by atoms with van der Waals surface area (Å²) in [5.41, 5.74) is 0.853. The van der Waals surface area contributed by atoms with E-state index < -0.39 is 0 Å². The zero-order chi connectivity index (χ0) is 17.1. The van der Waals surface area contributed by atoms with Crippen LogP contribution in [-0.2, 0) is 6.54 Å². The number of anilines is 2. The maximum atomic E-state index is 11.9. The first-order valence-electron chi connectivity index (χ1n) is 8.33. The minimum Gasteiger partial charge on any atom is -0.363 e. The second kappa shape index (κ2) is 6.98. The van der Waals surface area contributed by atoms with Gasteiger partial charge in [0.2, 0.25) is 5.95 Å². The fourth-order valence-corrected chi connectivity index (χ4v) is 2.98. The van der Waals surface area contributed by atoms with Gasteiger partial charge in [0.25, 0.3) is 5.56 Å². The molecule has 1 aliphatic rings. The lowest BCUT2D eigenvalue weighted by Gasteiger charge is -2.32. The summed E-state index contributed by atoms with van der Waals surface area (Å²) in [5.74, 6) is 2.16. The Morgan fingerprint density at radius 2 is 1.96 bits per heavy atom. The Hall–Kier alpha value is -2.44. The largest absolute Gasteiger partial charge is 0.363 e. The van der Waals surface area contributed by atoms with E-state index in [1.807, 2.05) is 32.0 Å². The molecular formula is C17H24N6O. The van der Waals surface area contributed by atoms with Gasteiger partial charge in [0.05, 0.1) is 5.69 Å². The number of hydrogen-bond donors (Lipinski definition) is 0. The van der Waals surface area contributed by atoms with Crippen molar-refractivity contribution in [3.8, 4) is 0 Å². The molecular weight excluding hydrogens is 304 g/mol. The van der Waals surface area contributed by atoms with E-state index in [-0.39, 0.29) is 5.56 Å².